The number of nitrogens with zero attached hydrogens (tertiary/aromatic N) is 3. The molecular formula is C15H14N4O. The quantitative estimate of drug-likeness (QED) is 0.902. The molecule has 0 aliphatic heterocycles. The normalized spacial score (nSPS) is 9.85. The van der Waals surface area contributed by atoms with Crippen LogP contribution in [0.5, 0.6) is 0 Å². The van der Waals surface area contributed by atoms with E-state index in [1.165, 1.54) is 11.1 Å². The van der Waals surface area contributed by atoms with Gasteiger partial charge in [-0.05, 0) is 31.2 Å². The fourth-order valence-corrected chi connectivity index (χ4v) is 1.84. The summed E-state index contributed by atoms with van der Waals surface area (Å²) < 4.78 is 0. The average molecular weight is 266 g/mol. The summed E-state index contributed by atoms with van der Waals surface area (Å²) in [5, 5.41) is 8.89. The van der Waals surface area contributed by atoms with Crippen molar-refractivity contribution in [1.29, 1.82) is 5.26 Å². The molecule has 100 valence electrons. The van der Waals surface area contributed by atoms with Gasteiger partial charge in [-0.25, -0.2) is 0 Å². The standard InChI is InChI=1S/C15H14N4O/c1-10-6-14(17)13(9-18-10)15(20)19(2)12-5-3-4-11(7-12)8-16/h3-7,9H,1-2H3,(H2,17,18). The van der Waals surface area contributed by atoms with Crippen molar-refractivity contribution in [3.63, 3.8) is 0 Å². The van der Waals surface area contributed by atoms with E-state index in [9.17, 15) is 4.79 Å². The van der Waals surface area contributed by atoms with E-state index >= 15 is 0 Å². The summed E-state index contributed by atoms with van der Waals surface area (Å²) in [6.07, 6.45) is 1.47. The molecule has 20 heavy (non-hydrogen) atoms. The number of carbonyl (C=O) groups excluding carboxylic acids is 1. The zero-order valence-electron chi connectivity index (χ0n) is 11.3. The number of anilines is 2. The zero-order valence-corrected chi connectivity index (χ0v) is 11.3. The van der Waals surface area contributed by atoms with Gasteiger partial charge in [-0.1, -0.05) is 6.07 Å². The minimum atomic E-state index is -0.259. The van der Waals surface area contributed by atoms with Crippen LogP contribution in [0.25, 0.3) is 0 Å². The SMILES string of the molecule is Cc1cc(N)c(C(=O)N(C)c2cccc(C#N)c2)cn1. The Labute approximate surface area is 117 Å². The van der Waals surface area contributed by atoms with Gasteiger partial charge < -0.3 is 10.6 Å². The Morgan fingerprint density at radius 3 is 2.80 bits per heavy atom. The van der Waals surface area contributed by atoms with Crippen LogP contribution < -0.4 is 10.6 Å². The van der Waals surface area contributed by atoms with Crippen LogP contribution in [0.15, 0.2) is 36.5 Å². The van der Waals surface area contributed by atoms with E-state index in [-0.39, 0.29) is 5.91 Å². The topological polar surface area (TPSA) is 83.0 Å². The molecule has 0 radical (unpaired) electrons. The Balaban J connectivity index is 2.35. The number of pyridine rings is 1. The molecule has 0 saturated carbocycles. The van der Waals surface area contributed by atoms with Crippen LogP contribution in [-0.4, -0.2) is 17.9 Å². The number of aromatic nitrogens is 1. The third kappa shape index (κ3) is 2.59. The molecule has 0 aliphatic carbocycles. The zero-order chi connectivity index (χ0) is 14.7. The van der Waals surface area contributed by atoms with Gasteiger partial charge in [0.15, 0.2) is 0 Å². The molecule has 0 unspecified atom stereocenters. The number of amides is 1. The number of benzene rings is 1. The third-order valence-electron chi connectivity index (χ3n) is 2.97. The number of nitrogen functional groups attached to an aromatic ring is 1. The molecule has 0 aliphatic rings. The van der Waals surface area contributed by atoms with Crippen LogP contribution in [0.1, 0.15) is 21.6 Å². The Morgan fingerprint density at radius 1 is 1.40 bits per heavy atom. The number of nitriles is 1. The molecule has 5 heteroatoms. The van der Waals surface area contributed by atoms with Gasteiger partial charge >= 0.3 is 0 Å². The van der Waals surface area contributed by atoms with Crippen molar-refractivity contribution in [2.75, 3.05) is 17.7 Å². The van der Waals surface area contributed by atoms with Crippen molar-refractivity contribution >= 4 is 17.3 Å². The van der Waals surface area contributed by atoms with Crippen LogP contribution >= 0.6 is 0 Å². The molecule has 1 heterocycles. The first-order valence-electron chi connectivity index (χ1n) is 6.03. The van der Waals surface area contributed by atoms with Crippen molar-refractivity contribution in [1.82, 2.24) is 4.98 Å². The highest BCUT2D eigenvalue weighted by Gasteiger charge is 2.17. The first-order chi connectivity index (χ1) is 9.52. The van der Waals surface area contributed by atoms with Crippen molar-refractivity contribution in [3.05, 3.63) is 53.3 Å². The Bertz CT molecular complexity index is 703. The summed E-state index contributed by atoms with van der Waals surface area (Å²) in [6.45, 7) is 1.81. The lowest BCUT2D eigenvalue weighted by Crippen LogP contribution is -2.27. The van der Waals surface area contributed by atoms with Crippen LogP contribution in [0.2, 0.25) is 0 Å². The number of carbonyl (C=O) groups is 1. The minimum Gasteiger partial charge on any atom is -0.398 e. The van der Waals surface area contributed by atoms with E-state index in [2.05, 4.69) is 4.98 Å². The lowest BCUT2D eigenvalue weighted by atomic mass is 10.1. The van der Waals surface area contributed by atoms with Crippen LogP contribution in [0, 0.1) is 18.3 Å². The molecule has 5 nitrogen and oxygen atoms in total. The van der Waals surface area contributed by atoms with Gasteiger partial charge in [0.1, 0.15) is 0 Å². The summed E-state index contributed by atoms with van der Waals surface area (Å²) in [5.41, 5.74) is 8.48. The van der Waals surface area contributed by atoms with E-state index in [0.717, 1.165) is 5.69 Å². The predicted molar refractivity (Wildman–Crippen MR) is 77.3 cm³/mol. The van der Waals surface area contributed by atoms with E-state index in [4.69, 9.17) is 11.0 Å². The lowest BCUT2D eigenvalue weighted by Gasteiger charge is -2.18. The van der Waals surface area contributed by atoms with Crippen LogP contribution in [0.4, 0.5) is 11.4 Å². The van der Waals surface area contributed by atoms with Crippen molar-refractivity contribution in [2.24, 2.45) is 0 Å². The maximum atomic E-state index is 12.4. The Morgan fingerprint density at radius 2 is 2.15 bits per heavy atom. The molecule has 0 bridgehead atoms. The summed E-state index contributed by atoms with van der Waals surface area (Å²) >= 11 is 0. The first-order valence-corrected chi connectivity index (χ1v) is 6.03. The maximum Gasteiger partial charge on any atom is 0.261 e. The second-order valence-electron chi connectivity index (χ2n) is 4.44. The Hall–Kier alpha value is -2.87. The fraction of sp³-hybridized carbons (Fsp3) is 0.133. The van der Waals surface area contributed by atoms with Gasteiger partial charge in [-0.2, -0.15) is 5.26 Å². The monoisotopic (exact) mass is 266 g/mol. The fourth-order valence-electron chi connectivity index (χ4n) is 1.84. The van der Waals surface area contributed by atoms with Crippen molar-refractivity contribution < 1.29 is 4.79 Å². The Kier molecular flexibility index (Phi) is 3.67. The molecule has 0 spiro atoms. The summed E-state index contributed by atoms with van der Waals surface area (Å²) in [5.74, 6) is -0.259. The molecule has 2 aromatic rings. The smallest absolute Gasteiger partial charge is 0.261 e. The molecule has 1 amide bonds. The molecular weight excluding hydrogens is 252 g/mol. The van der Waals surface area contributed by atoms with Gasteiger partial charge in [0.2, 0.25) is 0 Å². The highest BCUT2D eigenvalue weighted by Crippen LogP contribution is 2.19. The van der Waals surface area contributed by atoms with Crippen LogP contribution in [-0.2, 0) is 0 Å². The largest absolute Gasteiger partial charge is 0.398 e. The van der Waals surface area contributed by atoms with Gasteiger partial charge in [0.25, 0.3) is 5.91 Å². The van der Waals surface area contributed by atoms with Gasteiger partial charge in [0, 0.05) is 30.3 Å². The maximum absolute atomic E-state index is 12.4. The van der Waals surface area contributed by atoms with E-state index in [1.54, 1.807) is 37.4 Å². The van der Waals surface area contributed by atoms with Crippen molar-refractivity contribution in [3.8, 4) is 6.07 Å². The number of nitrogens with two attached hydrogens (primary N) is 1. The van der Waals surface area contributed by atoms with E-state index in [1.807, 2.05) is 13.0 Å². The molecule has 0 saturated heterocycles. The summed E-state index contributed by atoms with van der Waals surface area (Å²) in [4.78, 5) is 17.9. The highest BCUT2D eigenvalue weighted by atomic mass is 16.2. The summed E-state index contributed by atoms with van der Waals surface area (Å²) in [6, 6.07) is 10.5. The number of rotatable bonds is 2. The second kappa shape index (κ2) is 5.41. The minimum absolute atomic E-state index is 0.259. The summed E-state index contributed by atoms with van der Waals surface area (Å²) in [7, 11) is 1.64. The highest BCUT2D eigenvalue weighted by molar-refractivity contribution is 6.08. The average Bonchev–Trinajstić information content (AvgIpc) is 2.46. The third-order valence-corrected chi connectivity index (χ3v) is 2.97. The van der Waals surface area contributed by atoms with Crippen molar-refractivity contribution in [2.45, 2.75) is 6.92 Å². The molecule has 1 aromatic heterocycles. The van der Waals surface area contributed by atoms with Crippen LogP contribution in [0.3, 0.4) is 0 Å². The van der Waals surface area contributed by atoms with E-state index < -0.39 is 0 Å². The number of hydrogen-bond donors (Lipinski definition) is 1. The first kappa shape index (κ1) is 13.6. The molecule has 0 atom stereocenters. The van der Waals surface area contributed by atoms with Gasteiger partial charge in [-0.15, -0.1) is 0 Å². The number of aryl methyl sites for hydroxylation is 1. The molecule has 2 N–H and O–H groups in total. The molecule has 2 rings (SSSR count). The predicted octanol–water partition coefficient (Wildman–Crippen LogP) is 2.12. The molecule has 1 aromatic carbocycles. The van der Waals surface area contributed by atoms with E-state index in [0.29, 0.717) is 22.5 Å². The lowest BCUT2D eigenvalue weighted by molar-refractivity contribution is 0.0993. The molecule has 0 fully saturated rings. The van der Waals surface area contributed by atoms with Gasteiger partial charge in [0.05, 0.1) is 17.2 Å². The van der Waals surface area contributed by atoms with Gasteiger partial charge in [-0.3, -0.25) is 9.78 Å². The second-order valence-corrected chi connectivity index (χ2v) is 4.44. The number of hydrogen-bond acceptors (Lipinski definition) is 4.